The summed E-state index contributed by atoms with van der Waals surface area (Å²) >= 11 is 0. The molecule has 7 heteroatoms. The van der Waals surface area contributed by atoms with E-state index in [1.807, 2.05) is 0 Å². The number of oxazole rings is 1. The standard InChI is InChI=1S/C15H15F3N2O2/c1-9-19-13-11(6-3-7-12(13)22-9)14(21)20(8-15(16,17)18)10-4-2-5-10/h3,6-7,10H,2,4-5,8H2,1H3. The highest BCUT2D eigenvalue weighted by Gasteiger charge is 2.39. The Morgan fingerprint density at radius 3 is 2.73 bits per heavy atom. The van der Waals surface area contributed by atoms with Crippen molar-refractivity contribution in [1.29, 1.82) is 0 Å². The highest BCUT2D eigenvalue weighted by Crippen LogP contribution is 2.31. The first-order chi connectivity index (χ1) is 10.3. The number of nitrogens with zero attached hydrogens (tertiary/aromatic N) is 2. The first-order valence-corrected chi connectivity index (χ1v) is 7.09. The molecule has 4 nitrogen and oxygen atoms in total. The second-order valence-corrected chi connectivity index (χ2v) is 5.52. The van der Waals surface area contributed by atoms with Crippen molar-refractivity contribution in [3.63, 3.8) is 0 Å². The Hall–Kier alpha value is -2.05. The van der Waals surface area contributed by atoms with Crippen molar-refractivity contribution in [2.45, 2.75) is 38.4 Å². The van der Waals surface area contributed by atoms with Crippen LogP contribution >= 0.6 is 0 Å². The molecule has 0 N–H and O–H groups in total. The van der Waals surface area contributed by atoms with E-state index in [9.17, 15) is 18.0 Å². The van der Waals surface area contributed by atoms with Crippen LogP contribution in [0.15, 0.2) is 22.6 Å². The summed E-state index contributed by atoms with van der Waals surface area (Å²) in [6.45, 7) is 0.400. The van der Waals surface area contributed by atoms with Gasteiger partial charge in [-0.2, -0.15) is 13.2 Å². The maximum absolute atomic E-state index is 12.8. The van der Waals surface area contributed by atoms with Crippen LogP contribution in [0.1, 0.15) is 35.5 Å². The van der Waals surface area contributed by atoms with Crippen LogP contribution in [0.4, 0.5) is 13.2 Å². The average molecular weight is 312 g/mol. The van der Waals surface area contributed by atoms with Crippen LogP contribution in [0.5, 0.6) is 0 Å². The number of aromatic nitrogens is 1. The monoisotopic (exact) mass is 312 g/mol. The largest absolute Gasteiger partial charge is 0.441 e. The zero-order valence-corrected chi connectivity index (χ0v) is 12.0. The van der Waals surface area contributed by atoms with Gasteiger partial charge in [-0.1, -0.05) is 6.07 Å². The van der Waals surface area contributed by atoms with Gasteiger partial charge in [-0.25, -0.2) is 4.98 Å². The van der Waals surface area contributed by atoms with Crippen LogP contribution in [0.25, 0.3) is 11.1 Å². The fraction of sp³-hybridized carbons (Fsp3) is 0.467. The van der Waals surface area contributed by atoms with E-state index in [1.54, 1.807) is 19.1 Å². The lowest BCUT2D eigenvalue weighted by Gasteiger charge is -2.38. The molecular weight excluding hydrogens is 297 g/mol. The number of para-hydroxylation sites is 1. The SMILES string of the molecule is Cc1nc2c(C(=O)N(CC(F)(F)F)C3CCC3)cccc2o1. The Morgan fingerprint density at radius 1 is 1.41 bits per heavy atom. The van der Waals surface area contributed by atoms with Crippen molar-refractivity contribution in [3.05, 3.63) is 29.7 Å². The van der Waals surface area contributed by atoms with Gasteiger partial charge in [0.05, 0.1) is 5.56 Å². The number of amides is 1. The van der Waals surface area contributed by atoms with Crippen molar-refractivity contribution in [2.75, 3.05) is 6.54 Å². The van der Waals surface area contributed by atoms with E-state index < -0.39 is 18.6 Å². The zero-order chi connectivity index (χ0) is 15.9. The predicted molar refractivity (Wildman–Crippen MR) is 73.5 cm³/mol. The topological polar surface area (TPSA) is 46.3 Å². The highest BCUT2D eigenvalue weighted by molar-refractivity contribution is 6.04. The molecule has 22 heavy (non-hydrogen) atoms. The number of halogens is 3. The maximum atomic E-state index is 12.8. The Labute approximate surface area is 124 Å². The summed E-state index contributed by atoms with van der Waals surface area (Å²) in [4.78, 5) is 17.7. The van der Waals surface area contributed by atoms with Crippen molar-refractivity contribution >= 4 is 17.0 Å². The molecular formula is C15H15F3N2O2. The summed E-state index contributed by atoms with van der Waals surface area (Å²) in [5.74, 6) is -0.262. The van der Waals surface area contributed by atoms with E-state index >= 15 is 0 Å². The van der Waals surface area contributed by atoms with Crippen LogP contribution in [0, 0.1) is 6.92 Å². The van der Waals surface area contributed by atoms with Gasteiger partial charge in [0.2, 0.25) is 0 Å². The molecule has 1 heterocycles. The molecule has 0 unspecified atom stereocenters. The van der Waals surface area contributed by atoms with Gasteiger partial charge in [0.15, 0.2) is 11.5 Å². The van der Waals surface area contributed by atoms with Crippen LogP contribution in [-0.4, -0.2) is 34.6 Å². The van der Waals surface area contributed by atoms with E-state index in [1.165, 1.54) is 6.07 Å². The van der Waals surface area contributed by atoms with Crippen LogP contribution < -0.4 is 0 Å². The van der Waals surface area contributed by atoms with Crippen LogP contribution in [0.2, 0.25) is 0 Å². The lowest BCUT2D eigenvalue weighted by Crippen LogP contribution is -2.48. The molecule has 3 rings (SSSR count). The number of rotatable bonds is 3. The molecule has 1 aromatic heterocycles. The van der Waals surface area contributed by atoms with Crippen molar-refractivity contribution in [3.8, 4) is 0 Å². The molecule has 2 aromatic rings. The quantitative estimate of drug-likeness (QED) is 0.868. The normalized spacial score (nSPS) is 15.8. The van der Waals surface area contributed by atoms with Crippen LogP contribution in [-0.2, 0) is 0 Å². The highest BCUT2D eigenvalue weighted by atomic mass is 19.4. The molecule has 0 atom stereocenters. The molecule has 1 aliphatic carbocycles. The molecule has 1 aromatic carbocycles. The van der Waals surface area contributed by atoms with Crippen molar-refractivity contribution in [2.24, 2.45) is 0 Å². The first kappa shape index (κ1) is 14.9. The fourth-order valence-electron chi connectivity index (χ4n) is 2.64. The predicted octanol–water partition coefficient (Wildman–Crippen LogP) is 3.69. The summed E-state index contributed by atoms with van der Waals surface area (Å²) in [5.41, 5.74) is 0.880. The zero-order valence-electron chi connectivity index (χ0n) is 12.0. The molecule has 118 valence electrons. The Kier molecular flexibility index (Phi) is 3.58. The van der Waals surface area contributed by atoms with E-state index in [0.717, 1.165) is 11.3 Å². The number of alkyl halides is 3. The number of fused-ring (bicyclic) bond motifs is 1. The van der Waals surface area contributed by atoms with Gasteiger partial charge in [-0.05, 0) is 31.4 Å². The summed E-state index contributed by atoms with van der Waals surface area (Å²) in [6.07, 6.45) is -2.36. The van der Waals surface area contributed by atoms with E-state index in [0.29, 0.717) is 29.8 Å². The van der Waals surface area contributed by atoms with Crippen LogP contribution in [0.3, 0.4) is 0 Å². The number of hydrogen-bond donors (Lipinski definition) is 0. The molecule has 0 saturated heterocycles. The third-order valence-corrected chi connectivity index (χ3v) is 3.88. The number of carbonyl (C=O) groups excluding carboxylic acids is 1. The van der Waals surface area contributed by atoms with Crippen molar-refractivity contribution in [1.82, 2.24) is 9.88 Å². The fourth-order valence-corrected chi connectivity index (χ4v) is 2.64. The lowest BCUT2D eigenvalue weighted by atomic mass is 9.91. The van der Waals surface area contributed by atoms with Gasteiger partial charge < -0.3 is 9.32 Å². The first-order valence-electron chi connectivity index (χ1n) is 7.09. The Balaban J connectivity index is 1.97. The summed E-state index contributed by atoms with van der Waals surface area (Å²) in [6, 6.07) is 4.38. The van der Waals surface area contributed by atoms with Gasteiger partial charge in [0.1, 0.15) is 12.1 Å². The van der Waals surface area contributed by atoms with Gasteiger partial charge in [-0.3, -0.25) is 4.79 Å². The molecule has 0 aliphatic heterocycles. The van der Waals surface area contributed by atoms with Gasteiger partial charge in [0, 0.05) is 13.0 Å². The maximum Gasteiger partial charge on any atom is 0.406 e. The van der Waals surface area contributed by atoms with Gasteiger partial charge in [0.25, 0.3) is 5.91 Å². The number of carbonyl (C=O) groups is 1. The lowest BCUT2D eigenvalue weighted by molar-refractivity contribution is -0.147. The van der Waals surface area contributed by atoms with E-state index in [4.69, 9.17) is 4.42 Å². The summed E-state index contributed by atoms with van der Waals surface area (Å²) in [5, 5.41) is 0. The third kappa shape index (κ3) is 2.80. The molecule has 1 saturated carbocycles. The molecule has 0 radical (unpaired) electrons. The molecule has 0 bridgehead atoms. The minimum Gasteiger partial charge on any atom is -0.441 e. The Bertz CT molecular complexity index is 704. The summed E-state index contributed by atoms with van der Waals surface area (Å²) in [7, 11) is 0. The molecule has 0 spiro atoms. The van der Waals surface area contributed by atoms with E-state index in [-0.39, 0.29) is 11.6 Å². The summed E-state index contributed by atoms with van der Waals surface area (Å²) < 4.78 is 43.7. The number of aryl methyl sites for hydroxylation is 1. The van der Waals surface area contributed by atoms with Gasteiger partial charge in [-0.15, -0.1) is 0 Å². The van der Waals surface area contributed by atoms with Crippen molar-refractivity contribution < 1.29 is 22.4 Å². The smallest absolute Gasteiger partial charge is 0.406 e. The molecule has 1 amide bonds. The second kappa shape index (κ2) is 5.30. The number of benzene rings is 1. The second-order valence-electron chi connectivity index (χ2n) is 5.52. The van der Waals surface area contributed by atoms with Gasteiger partial charge >= 0.3 is 6.18 Å². The Morgan fingerprint density at radius 2 is 2.14 bits per heavy atom. The number of hydrogen-bond acceptors (Lipinski definition) is 3. The third-order valence-electron chi connectivity index (χ3n) is 3.88. The minimum atomic E-state index is -4.42. The average Bonchev–Trinajstić information content (AvgIpc) is 2.73. The molecule has 1 fully saturated rings. The van der Waals surface area contributed by atoms with E-state index in [2.05, 4.69) is 4.98 Å². The molecule has 1 aliphatic rings. The minimum absolute atomic E-state index is 0.158.